The molecular formula is C21H26F6N4O4. The summed E-state index contributed by atoms with van der Waals surface area (Å²) in [5.74, 6) is -3.48. The minimum Gasteiger partial charge on any atom is -0.370 e. The van der Waals surface area contributed by atoms with E-state index in [-0.39, 0.29) is 25.4 Å². The monoisotopic (exact) mass is 512 g/mol. The lowest BCUT2D eigenvalue weighted by molar-refractivity contribution is -0.159. The van der Waals surface area contributed by atoms with Gasteiger partial charge in [0.2, 0.25) is 5.91 Å². The lowest BCUT2D eigenvalue weighted by Gasteiger charge is -2.34. The molecule has 0 aliphatic carbocycles. The molecule has 1 aromatic carbocycles. The van der Waals surface area contributed by atoms with Crippen LogP contribution in [0.3, 0.4) is 0 Å². The third-order valence-corrected chi connectivity index (χ3v) is 4.81. The number of alkyl halides is 6. The van der Waals surface area contributed by atoms with Gasteiger partial charge in [-0.2, -0.15) is 26.3 Å². The molecule has 1 atom stereocenters. The lowest BCUT2D eigenvalue weighted by Crippen LogP contribution is -2.56. The molecule has 35 heavy (non-hydrogen) atoms. The molecule has 0 radical (unpaired) electrons. The van der Waals surface area contributed by atoms with Crippen molar-refractivity contribution in [2.45, 2.75) is 39.2 Å². The average Bonchev–Trinajstić information content (AvgIpc) is 2.65. The number of rotatable bonds is 7. The lowest BCUT2D eigenvalue weighted by atomic mass is 9.95. The topological polar surface area (TPSA) is 105 Å². The fourth-order valence-corrected chi connectivity index (χ4v) is 3.59. The van der Waals surface area contributed by atoms with Crippen molar-refractivity contribution in [1.82, 2.24) is 4.90 Å². The Morgan fingerprint density at radius 2 is 1.77 bits per heavy atom. The van der Waals surface area contributed by atoms with Crippen LogP contribution in [0.5, 0.6) is 0 Å². The Bertz CT molecular complexity index is 943. The van der Waals surface area contributed by atoms with Crippen LogP contribution in [0.15, 0.2) is 18.2 Å². The summed E-state index contributed by atoms with van der Waals surface area (Å²) in [5.41, 5.74) is 2.12. The number of hydrogen-bond donors (Lipinski definition) is 2. The predicted octanol–water partition coefficient (Wildman–Crippen LogP) is 2.77. The molecule has 14 heteroatoms. The summed E-state index contributed by atoms with van der Waals surface area (Å²) in [6.07, 6.45) is -9.82. The first-order chi connectivity index (χ1) is 15.9. The van der Waals surface area contributed by atoms with Gasteiger partial charge in [-0.05, 0) is 23.6 Å². The maximum absolute atomic E-state index is 13.8. The fraction of sp³-hybridized carbons (Fsp3) is 0.571. The number of halogens is 6. The largest absolute Gasteiger partial charge is 0.418 e. The van der Waals surface area contributed by atoms with Crippen molar-refractivity contribution < 1.29 is 45.5 Å². The third kappa shape index (κ3) is 8.09. The number of nitrogens with zero attached hydrogens (tertiary/aromatic N) is 2. The normalized spacial score (nSPS) is 16.4. The molecule has 1 aromatic rings. The number of amides is 3. The first-order valence-electron chi connectivity index (χ1n) is 10.4. The number of primary amides is 1. The van der Waals surface area contributed by atoms with Gasteiger partial charge in [0.25, 0.3) is 11.8 Å². The number of nitrogens with two attached hydrogens (primary N) is 1. The van der Waals surface area contributed by atoms with Crippen LogP contribution in [-0.2, 0) is 25.3 Å². The number of carbonyl (C=O) groups is 3. The fourth-order valence-electron chi connectivity index (χ4n) is 3.59. The molecule has 0 saturated carbocycles. The van der Waals surface area contributed by atoms with E-state index in [0.29, 0.717) is 11.0 Å². The Morgan fingerprint density at radius 1 is 1.14 bits per heavy atom. The van der Waals surface area contributed by atoms with E-state index in [9.17, 15) is 40.7 Å². The van der Waals surface area contributed by atoms with Crippen molar-refractivity contribution in [3.63, 3.8) is 0 Å². The molecule has 3 amide bonds. The molecule has 1 aliphatic heterocycles. The summed E-state index contributed by atoms with van der Waals surface area (Å²) in [5, 5.41) is 1.89. The second kappa shape index (κ2) is 10.4. The van der Waals surface area contributed by atoms with E-state index < -0.39 is 65.9 Å². The van der Waals surface area contributed by atoms with Gasteiger partial charge in [-0.25, -0.2) is 0 Å². The molecule has 8 nitrogen and oxygen atoms in total. The molecule has 1 fully saturated rings. The molecule has 1 aliphatic rings. The van der Waals surface area contributed by atoms with Crippen LogP contribution in [0.4, 0.5) is 37.7 Å². The number of morpholine rings is 1. The third-order valence-electron chi connectivity index (χ3n) is 4.81. The Hall–Kier alpha value is -2.87. The summed E-state index contributed by atoms with van der Waals surface area (Å²) in [7, 11) is 0. The summed E-state index contributed by atoms with van der Waals surface area (Å²) in [6.45, 7) is 2.37. The van der Waals surface area contributed by atoms with E-state index in [1.807, 2.05) is 5.32 Å². The van der Waals surface area contributed by atoms with Crippen LogP contribution in [0.2, 0.25) is 0 Å². The minimum absolute atomic E-state index is 0.00475. The Labute approximate surface area is 197 Å². The van der Waals surface area contributed by atoms with Gasteiger partial charge in [-0.15, -0.1) is 0 Å². The van der Waals surface area contributed by atoms with Gasteiger partial charge in [0, 0.05) is 18.8 Å². The van der Waals surface area contributed by atoms with Gasteiger partial charge in [0.05, 0.1) is 24.4 Å². The van der Waals surface area contributed by atoms with Crippen molar-refractivity contribution in [2.24, 2.45) is 11.1 Å². The quantitative estimate of drug-likeness (QED) is 0.432. The number of ether oxygens (including phenoxy) is 1. The van der Waals surface area contributed by atoms with Crippen LogP contribution in [-0.4, -0.2) is 67.7 Å². The summed E-state index contributed by atoms with van der Waals surface area (Å²) in [4.78, 5) is 38.4. The zero-order valence-corrected chi connectivity index (χ0v) is 19.2. The van der Waals surface area contributed by atoms with E-state index in [1.54, 1.807) is 20.8 Å². The predicted molar refractivity (Wildman–Crippen MR) is 113 cm³/mol. The van der Waals surface area contributed by atoms with E-state index in [4.69, 9.17) is 10.5 Å². The van der Waals surface area contributed by atoms with Crippen molar-refractivity contribution >= 4 is 29.1 Å². The second-order valence-electron chi connectivity index (χ2n) is 9.20. The van der Waals surface area contributed by atoms with Crippen molar-refractivity contribution in [3.05, 3.63) is 23.8 Å². The molecule has 0 bridgehead atoms. The minimum atomic E-state index is -5.01. The van der Waals surface area contributed by atoms with E-state index in [0.717, 1.165) is 17.0 Å². The van der Waals surface area contributed by atoms with Crippen LogP contribution in [0.1, 0.15) is 26.3 Å². The van der Waals surface area contributed by atoms with Crippen LogP contribution in [0, 0.1) is 5.41 Å². The zero-order chi connectivity index (χ0) is 26.8. The van der Waals surface area contributed by atoms with E-state index in [1.165, 1.54) is 0 Å². The van der Waals surface area contributed by atoms with Gasteiger partial charge in [0.1, 0.15) is 6.61 Å². The van der Waals surface area contributed by atoms with E-state index in [2.05, 4.69) is 0 Å². The maximum Gasteiger partial charge on any atom is 0.418 e. The van der Waals surface area contributed by atoms with Crippen molar-refractivity contribution in [1.29, 1.82) is 0 Å². The highest BCUT2D eigenvalue weighted by Crippen LogP contribution is 2.38. The number of carbonyl (C=O) groups excluding carboxylic acids is 3. The molecule has 1 saturated heterocycles. The number of nitrogens with one attached hydrogen (secondary N) is 1. The molecule has 0 unspecified atom stereocenters. The smallest absolute Gasteiger partial charge is 0.370 e. The highest BCUT2D eigenvalue weighted by molar-refractivity contribution is 6.10. The molecule has 0 spiro atoms. The summed E-state index contributed by atoms with van der Waals surface area (Å²) in [6, 6.07) is 0.420. The molecule has 2 rings (SSSR count). The molecular weight excluding hydrogens is 486 g/mol. The Balaban J connectivity index is 2.43. The summed E-state index contributed by atoms with van der Waals surface area (Å²) >= 11 is 0. The first kappa shape index (κ1) is 28.4. The molecule has 0 aromatic heterocycles. The number of benzene rings is 1. The number of anilines is 2. The first-order valence-corrected chi connectivity index (χ1v) is 10.4. The van der Waals surface area contributed by atoms with Gasteiger partial charge >= 0.3 is 12.4 Å². The highest BCUT2D eigenvalue weighted by Gasteiger charge is 2.42. The average molecular weight is 512 g/mol. The highest BCUT2D eigenvalue weighted by atomic mass is 19.4. The second-order valence-corrected chi connectivity index (χ2v) is 9.20. The molecule has 3 N–H and O–H groups in total. The van der Waals surface area contributed by atoms with Crippen LogP contribution in [0.25, 0.3) is 0 Å². The summed E-state index contributed by atoms with van der Waals surface area (Å²) < 4.78 is 85.7. The Morgan fingerprint density at radius 3 is 2.26 bits per heavy atom. The standard InChI is InChI=1S/C21H26F6N4O4/c1-19(2,3)10-30(11-20(22,23)24)16(17(28)33)18(34)29-14-5-4-12(8-13(14)21(25,26)27)31-6-7-35-9-15(31)32/h4-5,8,16H,6-7,9-11H2,1-3H3,(H2,28,33)(H,29,34)/t16-/m1/s1. The van der Waals surface area contributed by atoms with Gasteiger partial charge in [-0.1, -0.05) is 20.8 Å². The van der Waals surface area contributed by atoms with Crippen molar-refractivity contribution in [3.8, 4) is 0 Å². The van der Waals surface area contributed by atoms with Crippen LogP contribution < -0.4 is 16.0 Å². The van der Waals surface area contributed by atoms with Gasteiger partial charge in [-0.3, -0.25) is 19.3 Å². The van der Waals surface area contributed by atoms with Gasteiger partial charge < -0.3 is 20.7 Å². The Kier molecular flexibility index (Phi) is 8.43. The molecule has 1 heterocycles. The van der Waals surface area contributed by atoms with Crippen LogP contribution >= 0.6 is 0 Å². The van der Waals surface area contributed by atoms with Crippen molar-refractivity contribution in [2.75, 3.05) is 43.1 Å². The SMILES string of the molecule is CC(C)(C)CN(CC(F)(F)F)[C@H](C(N)=O)C(=O)Nc1ccc(N2CCOCC2=O)cc1C(F)(F)F. The maximum atomic E-state index is 13.8. The number of hydrogen-bond acceptors (Lipinski definition) is 5. The van der Waals surface area contributed by atoms with E-state index >= 15 is 0 Å². The van der Waals surface area contributed by atoms with Gasteiger partial charge in [0.15, 0.2) is 6.04 Å². The zero-order valence-electron chi connectivity index (χ0n) is 19.2. The molecule has 196 valence electrons.